The molecule has 4 nitrogen and oxygen atoms in total. The molecule has 0 radical (unpaired) electrons. The topological polar surface area (TPSA) is 35.6 Å². The Labute approximate surface area is 89.5 Å². The van der Waals surface area contributed by atoms with Crippen LogP contribution >= 0.6 is 0 Å². The number of nitrogens with zero attached hydrogens (tertiary/aromatic N) is 4. The minimum absolute atomic E-state index is 0.892. The van der Waals surface area contributed by atoms with Gasteiger partial charge in [0.2, 0.25) is 0 Å². The van der Waals surface area contributed by atoms with Gasteiger partial charge in [-0.15, -0.1) is 0 Å². The van der Waals surface area contributed by atoms with Crippen molar-refractivity contribution in [3.63, 3.8) is 0 Å². The van der Waals surface area contributed by atoms with Crippen LogP contribution in [0.15, 0.2) is 6.07 Å². The van der Waals surface area contributed by atoms with Crippen molar-refractivity contribution in [2.24, 2.45) is 7.05 Å². The van der Waals surface area contributed by atoms with E-state index >= 15 is 0 Å². The fourth-order valence-electron chi connectivity index (χ4n) is 1.59. The Morgan fingerprint density at radius 1 is 1.07 bits per heavy atom. The zero-order valence-corrected chi connectivity index (χ0v) is 9.87. The van der Waals surface area contributed by atoms with Crippen molar-refractivity contribution < 1.29 is 0 Å². The average molecular weight is 204 g/mol. The van der Waals surface area contributed by atoms with Crippen molar-refractivity contribution >= 4 is 0 Å². The molecule has 2 aromatic heterocycles. The number of aromatic nitrogens is 4. The van der Waals surface area contributed by atoms with Gasteiger partial charge in [-0.05, 0) is 33.3 Å². The first-order valence-corrected chi connectivity index (χ1v) is 5.04. The van der Waals surface area contributed by atoms with Gasteiger partial charge in [0, 0.05) is 24.5 Å². The molecular formula is C11H16N4. The largest absolute Gasteiger partial charge is 0.271 e. The lowest BCUT2D eigenvalue weighted by molar-refractivity contribution is 0.706. The molecule has 15 heavy (non-hydrogen) atoms. The Balaban J connectivity index is 2.59. The molecule has 0 unspecified atom stereocenters. The number of hydrogen-bond acceptors (Lipinski definition) is 2. The molecule has 0 aliphatic carbocycles. The monoisotopic (exact) mass is 204 g/mol. The maximum atomic E-state index is 4.48. The molecule has 2 heterocycles. The SMILES string of the molecule is Cc1nn(-c2cc(C)n(C)n2)c(C)c1C. The predicted molar refractivity (Wildman–Crippen MR) is 59.3 cm³/mol. The van der Waals surface area contributed by atoms with Crippen LogP contribution in [0, 0.1) is 27.7 Å². The summed E-state index contributed by atoms with van der Waals surface area (Å²) in [5.41, 5.74) is 4.59. The molecule has 0 N–H and O–H groups in total. The lowest BCUT2D eigenvalue weighted by Gasteiger charge is -1.98. The zero-order chi connectivity index (χ0) is 11.2. The van der Waals surface area contributed by atoms with E-state index in [-0.39, 0.29) is 0 Å². The van der Waals surface area contributed by atoms with Crippen molar-refractivity contribution in [2.45, 2.75) is 27.7 Å². The molecule has 0 saturated heterocycles. The van der Waals surface area contributed by atoms with Crippen LogP contribution in [0.1, 0.15) is 22.6 Å². The molecule has 0 aliphatic rings. The Hall–Kier alpha value is -1.58. The summed E-state index contributed by atoms with van der Waals surface area (Å²) in [7, 11) is 1.94. The number of aryl methyl sites for hydroxylation is 3. The highest BCUT2D eigenvalue weighted by Gasteiger charge is 2.11. The van der Waals surface area contributed by atoms with E-state index in [1.54, 1.807) is 0 Å². The molecule has 0 aromatic carbocycles. The summed E-state index contributed by atoms with van der Waals surface area (Å²) in [6, 6.07) is 2.04. The summed E-state index contributed by atoms with van der Waals surface area (Å²) in [6.07, 6.45) is 0. The Kier molecular flexibility index (Phi) is 2.14. The second kappa shape index (κ2) is 3.22. The molecule has 80 valence electrons. The third-order valence-corrected chi connectivity index (χ3v) is 2.97. The summed E-state index contributed by atoms with van der Waals surface area (Å²) in [5, 5.41) is 8.89. The smallest absolute Gasteiger partial charge is 0.175 e. The average Bonchev–Trinajstić information content (AvgIpc) is 2.63. The molecule has 0 fully saturated rings. The van der Waals surface area contributed by atoms with Gasteiger partial charge < -0.3 is 0 Å². The summed E-state index contributed by atoms with van der Waals surface area (Å²) < 4.78 is 3.76. The molecule has 0 atom stereocenters. The van der Waals surface area contributed by atoms with E-state index in [0.717, 1.165) is 22.9 Å². The van der Waals surface area contributed by atoms with E-state index in [4.69, 9.17) is 0 Å². The van der Waals surface area contributed by atoms with Gasteiger partial charge in [-0.1, -0.05) is 0 Å². The second-order valence-electron chi connectivity index (χ2n) is 3.98. The van der Waals surface area contributed by atoms with Crippen LogP contribution in [0.2, 0.25) is 0 Å². The van der Waals surface area contributed by atoms with Gasteiger partial charge in [0.05, 0.1) is 5.69 Å². The van der Waals surface area contributed by atoms with Crippen molar-refractivity contribution in [3.05, 3.63) is 28.7 Å². The van der Waals surface area contributed by atoms with Crippen molar-refractivity contribution in [1.29, 1.82) is 0 Å². The lowest BCUT2D eigenvalue weighted by atomic mass is 10.2. The first-order chi connectivity index (χ1) is 7.00. The molecular weight excluding hydrogens is 188 g/mol. The molecule has 4 heteroatoms. The lowest BCUT2D eigenvalue weighted by Crippen LogP contribution is -2.01. The Morgan fingerprint density at radius 2 is 1.73 bits per heavy atom. The van der Waals surface area contributed by atoms with Crippen LogP contribution in [0.4, 0.5) is 0 Å². The summed E-state index contributed by atoms with van der Waals surface area (Å²) in [5.74, 6) is 0.892. The van der Waals surface area contributed by atoms with Gasteiger partial charge >= 0.3 is 0 Å². The molecule has 0 amide bonds. The van der Waals surface area contributed by atoms with E-state index in [9.17, 15) is 0 Å². The molecule has 2 aromatic rings. The maximum absolute atomic E-state index is 4.48. The van der Waals surface area contributed by atoms with Gasteiger partial charge in [-0.2, -0.15) is 10.2 Å². The highest BCUT2D eigenvalue weighted by atomic mass is 15.4. The van der Waals surface area contributed by atoms with E-state index in [1.165, 1.54) is 5.56 Å². The molecule has 0 bridgehead atoms. The second-order valence-corrected chi connectivity index (χ2v) is 3.98. The Morgan fingerprint density at radius 3 is 2.13 bits per heavy atom. The van der Waals surface area contributed by atoms with Gasteiger partial charge in [-0.25, -0.2) is 4.68 Å². The zero-order valence-electron chi connectivity index (χ0n) is 9.87. The van der Waals surface area contributed by atoms with E-state index < -0.39 is 0 Å². The minimum atomic E-state index is 0.892. The summed E-state index contributed by atoms with van der Waals surface area (Å²) in [4.78, 5) is 0. The quantitative estimate of drug-likeness (QED) is 0.710. The number of rotatable bonds is 1. The standard InChI is InChI=1S/C11H16N4/c1-7-6-11(13-14(7)5)15-10(4)8(2)9(3)12-15/h6H,1-5H3. The fraction of sp³-hybridized carbons (Fsp3) is 0.455. The van der Waals surface area contributed by atoms with Crippen LogP contribution in [0.3, 0.4) is 0 Å². The Bertz CT molecular complexity index is 485. The van der Waals surface area contributed by atoms with Crippen LogP contribution in [0.25, 0.3) is 5.82 Å². The molecule has 0 spiro atoms. The van der Waals surface area contributed by atoms with Crippen molar-refractivity contribution in [1.82, 2.24) is 19.6 Å². The van der Waals surface area contributed by atoms with Crippen LogP contribution in [0.5, 0.6) is 0 Å². The predicted octanol–water partition coefficient (Wildman–Crippen LogP) is 1.84. The number of hydrogen-bond donors (Lipinski definition) is 0. The first kappa shape index (κ1) is 9.96. The molecule has 0 saturated carbocycles. The third-order valence-electron chi connectivity index (χ3n) is 2.97. The maximum Gasteiger partial charge on any atom is 0.175 e. The molecule has 0 aliphatic heterocycles. The van der Waals surface area contributed by atoms with E-state index in [0.29, 0.717) is 0 Å². The van der Waals surface area contributed by atoms with E-state index in [2.05, 4.69) is 24.0 Å². The van der Waals surface area contributed by atoms with Gasteiger partial charge in [0.25, 0.3) is 0 Å². The fourth-order valence-corrected chi connectivity index (χ4v) is 1.59. The van der Waals surface area contributed by atoms with Gasteiger partial charge in [0.1, 0.15) is 0 Å². The normalized spacial score (nSPS) is 11.0. The first-order valence-electron chi connectivity index (χ1n) is 5.04. The highest BCUT2D eigenvalue weighted by molar-refractivity contribution is 5.32. The third kappa shape index (κ3) is 1.46. The highest BCUT2D eigenvalue weighted by Crippen LogP contribution is 2.16. The van der Waals surface area contributed by atoms with E-state index in [1.807, 2.05) is 36.3 Å². The minimum Gasteiger partial charge on any atom is -0.271 e. The van der Waals surface area contributed by atoms with Crippen molar-refractivity contribution in [3.8, 4) is 5.82 Å². The van der Waals surface area contributed by atoms with Gasteiger partial charge in [-0.3, -0.25) is 4.68 Å². The molecule has 2 rings (SSSR count). The van der Waals surface area contributed by atoms with Crippen LogP contribution < -0.4 is 0 Å². The van der Waals surface area contributed by atoms with Crippen LogP contribution in [-0.4, -0.2) is 19.6 Å². The summed E-state index contributed by atoms with van der Waals surface area (Å²) >= 11 is 0. The van der Waals surface area contributed by atoms with Crippen molar-refractivity contribution in [2.75, 3.05) is 0 Å². The van der Waals surface area contributed by atoms with Gasteiger partial charge in [0.15, 0.2) is 5.82 Å². The summed E-state index contributed by atoms with van der Waals surface area (Å²) in [6.45, 7) is 8.22. The van der Waals surface area contributed by atoms with Crippen LogP contribution in [-0.2, 0) is 7.05 Å².